The van der Waals surface area contributed by atoms with Crippen molar-refractivity contribution in [1.29, 1.82) is 0 Å². The third-order valence-electron chi connectivity index (χ3n) is 6.04. The van der Waals surface area contributed by atoms with Gasteiger partial charge in [0.25, 0.3) is 0 Å². The number of ether oxygens (including phenoxy) is 3. The number of esters is 3. The van der Waals surface area contributed by atoms with Crippen LogP contribution in [-0.4, -0.2) is 49.1 Å². The molecular weight excluding hydrogens is 438 g/mol. The number of rotatable bonds is 22. The summed E-state index contributed by atoms with van der Waals surface area (Å²) in [5, 5.41) is 10.4. The van der Waals surface area contributed by atoms with Gasteiger partial charge in [0, 0.05) is 0 Å². The van der Waals surface area contributed by atoms with Crippen molar-refractivity contribution in [3.63, 3.8) is 0 Å². The smallest absolute Gasteiger partial charge is 0.339 e. The fourth-order valence-corrected chi connectivity index (χ4v) is 3.93. The van der Waals surface area contributed by atoms with E-state index in [0.29, 0.717) is 6.42 Å². The van der Waals surface area contributed by atoms with Gasteiger partial charge in [0.05, 0.1) is 27.1 Å². The molecule has 0 fully saturated rings. The molecule has 0 aromatic carbocycles. The number of aliphatic hydroxyl groups is 1. The Balaban J connectivity index is 3.81. The maximum absolute atomic E-state index is 12.1. The van der Waals surface area contributed by atoms with E-state index in [1.807, 2.05) is 0 Å². The summed E-state index contributed by atoms with van der Waals surface area (Å²) in [4.78, 5) is 35.4. The maximum atomic E-state index is 12.1. The molecule has 0 aliphatic carbocycles. The van der Waals surface area contributed by atoms with Crippen molar-refractivity contribution < 1.29 is 33.7 Å². The normalized spacial score (nSPS) is 13.7. The van der Waals surface area contributed by atoms with Crippen molar-refractivity contribution in [2.45, 2.75) is 134 Å². The van der Waals surface area contributed by atoms with Crippen molar-refractivity contribution in [3.05, 3.63) is 0 Å². The lowest BCUT2D eigenvalue weighted by atomic mass is 9.95. The minimum atomic E-state index is -2.34. The standard InChI is InChI=1S/C26H49NO7/c1-4-5-6-7-8-9-10-11-12-13-14-15-16-17-18-19-22(27)34-24(29)21-26(31,25(30)33-3)20-23(28)32-2/h22,31H,4-21,27H2,1-3H3. The first-order valence-corrected chi connectivity index (χ1v) is 13.1. The maximum Gasteiger partial charge on any atom is 0.339 e. The van der Waals surface area contributed by atoms with E-state index in [-0.39, 0.29) is 0 Å². The Morgan fingerprint density at radius 3 is 1.53 bits per heavy atom. The topological polar surface area (TPSA) is 125 Å². The molecule has 0 amide bonds. The number of carbonyl (C=O) groups excluding carboxylic acids is 3. The molecular formula is C26H49NO7. The second-order valence-electron chi connectivity index (χ2n) is 9.22. The van der Waals surface area contributed by atoms with Crippen LogP contribution in [0.15, 0.2) is 0 Å². The van der Waals surface area contributed by atoms with Crippen LogP contribution in [0.2, 0.25) is 0 Å². The van der Waals surface area contributed by atoms with Crippen LogP contribution >= 0.6 is 0 Å². The highest BCUT2D eigenvalue weighted by molar-refractivity contribution is 5.90. The minimum Gasteiger partial charge on any atom is -0.469 e. The van der Waals surface area contributed by atoms with Gasteiger partial charge in [0.2, 0.25) is 0 Å². The van der Waals surface area contributed by atoms with Crippen LogP contribution in [0, 0.1) is 0 Å². The van der Waals surface area contributed by atoms with Crippen LogP contribution in [0.3, 0.4) is 0 Å². The lowest BCUT2D eigenvalue weighted by Gasteiger charge is -2.23. The minimum absolute atomic E-state index is 0.498. The molecule has 2 unspecified atom stereocenters. The summed E-state index contributed by atoms with van der Waals surface area (Å²) in [6.45, 7) is 2.25. The van der Waals surface area contributed by atoms with Gasteiger partial charge in [-0.2, -0.15) is 0 Å². The molecule has 0 aliphatic rings. The van der Waals surface area contributed by atoms with E-state index in [4.69, 9.17) is 10.5 Å². The summed E-state index contributed by atoms with van der Waals surface area (Å²) < 4.78 is 14.0. The fraction of sp³-hybridized carbons (Fsp3) is 0.885. The van der Waals surface area contributed by atoms with E-state index in [1.54, 1.807) is 0 Å². The molecule has 0 rings (SSSR count). The van der Waals surface area contributed by atoms with E-state index in [0.717, 1.165) is 33.5 Å². The Bertz CT molecular complexity index is 555. The van der Waals surface area contributed by atoms with Crippen LogP contribution in [0.4, 0.5) is 0 Å². The van der Waals surface area contributed by atoms with Gasteiger partial charge in [-0.05, 0) is 12.8 Å². The van der Waals surface area contributed by atoms with Crippen molar-refractivity contribution in [2.24, 2.45) is 5.73 Å². The highest BCUT2D eigenvalue weighted by Crippen LogP contribution is 2.20. The van der Waals surface area contributed by atoms with Gasteiger partial charge >= 0.3 is 17.9 Å². The average Bonchev–Trinajstić information content (AvgIpc) is 2.80. The molecule has 0 radical (unpaired) electrons. The lowest BCUT2D eigenvalue weighted by Crippen LogP contribution is -2.45. The molecule has 0 aromatic heterocycles. The summed E-state index contributed by atoms with van der Waals surface area (Å²) in [5.74, 6) is -2.82. The molecule has 8 heteroatoms. The zero-order valence-corrected chi connectivity index (χ0v) is 21.8. The zero-order valence-electron chi connectivity index (χ0n) is 21.8. The third-order valence-corrected chi connectivity index (χ3v) is 6.04. The first kappa shape index (κ1) is 32.3. The third kappa shape index (κ3) is 16.9. The van der Waals surface area contributed by atoms with Gasteiger partial charge in [0.15, 0.2) is 11.8 Å². The molecule has 0 saturated carbocycles. The van der Waals surface area contributed by atoms with E-state index < -0.39 is 42.6 Å². The predicted molar refractivity (Wildman–Crippen MR) is 132 cm³/mol. The first-order chi connectivity index (χ1) is 16.3. The Kier molecular flexibility index (Phi) is 19.7. The Morgan fingerprint density at radius 1 is 0.706 bits per heavy atom. The second kappa shape index (κ2) is 20.7. The van der Waals surface area contributed by atoms with Gasteiger partial charge in [-0.1, -0.05) is 96.8 Å². The van der Waals surface area contributed by atoms with Crippen LogP contribution in [-0.2, 0) is 28.6 Å². The lowest BCUT2D eigenvalue weighted by molar-refractivity contribution is -0.176. The van der Waals surface area contributed by atoms with Crippen LogP contribution < -0.4 is 5.73 Å². The highest BCUT2D eigenvalue weighted by atomic mass is 16.6. The monoisotopic (exact) mass is 487 g/mol. The largest absolute Gasteiger partial charge is 0.469 e. The summed E-state index contributed by atoms with van der Waals surface area (Å²) in [6.07, 6.45) is 17.2. The van der Waals surface area contributed by atoms with E-state index in [9.17, 15) is 19.5 Å². The van der Waals surface area contributed by atoms with Crippen molar-refractivity contribution in [1.82, 2.24) is 0 Å². The van der Waals surface area contributed by atoms with Crippen molar-refractivity contribution in [3.8, 4) is 0 Å². The van der Waals surface area contributed by atoms with Gasteiger partial charge in [-0.3, -0.25) is 15.3 Å². The quantitative estimate of drug-likeness (QED) is 0.0952. The summed E-state index contributed by atoms with van der Waals surface area (Å²) in [6, 6.07) is 0. The van der Waals surface area contributed by atoms with E-state index >= 15 is 0 Å². The Morgan fingerprint density at radius 2 is 1.12 bits per heavy atom. The van der Waals surface area contributed by atoms with Crippen LogP contribution in [0.25, 0.3) is 0 Å². The number of hydrogen-bond acceptors (Lipinski definition) is 8. The van der Waals surface area contributed by atoms with Crippen LogP contribution in [0.1, 0.15) is 122 Å². The molecule has 0 heterocycles. The van der Waals surface area contributed by atoms with Gasteiger partial charge in [0.1, 0.15) is 0 Å². The van der Waals surface area contributed by atoms with Gasteiger partial charge in [-0.25, -0.2) is 4.79 Å². The number of carbonyl (C=O) groups is 3. The Labute approximate surface area is 206 Å². The van der Waals surface area contributed by atoms with Gasteiger partial charge < -0.3 is 19.3 Å². The van der Waals surface area contributed by atoms with Crippen LogP contribution in [0.5, 0.6) is 0 Å². The number of methoxy groups -OCH3 is 2. The number of nitrogens with two attached hydrogens (primary N) is 1. The molecule has 0 spiro atoms. The van der Waals surface area contributed by atoms with Crippen molar-refractivity contribution in [2.75, 3.05) is 14.2 Å². The molecule has 0 aromatic rings. The molecule has 0 bridgehead atoms. The average molecular weight is 488 g/mol. The molecule has 2 atom stereocenters. The fourth-order valence-electron chi connectivity index (χ4n) is 3.93. The van der Waals surface area contributed by atoms with Gasteiger partial charge in [-0.15, -0.1) is 0 Å². The van der Waals surface area contributed by atoms with E-state index in [2.05, 4.69) is 16.4 Å². The van der Waals surface area contributed by atoms with E-state index in [1.165, 1.54) is 77.0 Å². The molecule has 8 nitrogen and oxygen atoms in total. The summed E-state index contributed by atoms with van der Waals surface area (Å²) in [5.41, 5.74) is 3.51. The zero-order chi connectivity index (χ0) is 25.7. The SMILES string of the molecule is CCCCCCCCCCCCCCCCCC(N)OC(=O)CC(O)(CC(=O)OC)C(=O)OC. The predicted octanol–water partition coefficient (Wildman–Crippen LogP) is 4.93. The Hall–Kier alpha value is -1.67. The molecule has 0 aliphatic heterocycles. The molecule has 200 valence electrons. The first-order valence-electron chi connectivity index (χ1n) is 13.1. The number of unbranched alkanes of at least 4 members (excludes halogenated alkanes) is 14. The number of hydrogen-bond donors (Lipinski definition) is 2. The highest BCUT2D eigenvalue weighted by Gasteiger charge is 2.43. The van der Waals surface area contributed by atoms with Crippen molar-refractivity contribution >= 4 is 17.9 Å². The summed E-state index contributed by atoms with van der Waals surface area (Å²) in [7, 11) is 2.17. The molecule has 0 saturated heterocycles. The molecule has 3 N–H and O–H groups in total. The second-order valence-corrected chi connectivity index (χ2v) is 9.22. The molecule has 34 heavy (non-hydrogen) atoms. The summed E-state index contributed by atoms with van der Waals surface area (Å²) >= 11 is 0.